The fourth-order valence-electron chi connectivity index (χ4n) is 1.87. The molecule has 0 bridgehead atoms. The molecule has 5 heteroatoms. The van der Waals surface area contributed by atoms with Gasteiger partial charge in [0.15, 0.2) is 0 Å². The monoisotopic (exact) mass is 268 g/mol. The number of carbonyl (C=O) groups excluding carboxylic acids is 1. The molecule has 0 fully saturated rings. The van der Waals surface area contributed by atoms with Gasteiger partial charge in [-0.15, -0.1) is 12.4 Å². The Hall–Kier alpha value is -1.52. The van der Waals surface area contributed by atoms with Gasteiger partial charge in [-0.05, 0) is 26.0 Å². The molecule has 0 saturated carbocycles. The van der Waals surface area contributed by atoms with E-state index in [9.17, 15) is 4.79 Å². The zero-order chi connectivity index (χ0) is 12.4. The summed E-state index contributed by atoms with van der Waals surface area (Å²) >= 11 is 0. The van der Waals surface area contributed by atoms with Crippen molar-refractivity contribution in [2.75, 3.05) is 6.61 Å². The van der Waals surface area contributed by atoms with E-state index in [0.29, 0.717) is 6.61 Å². The average molecular weight is 269 g/mol. The summed E-state index contributed by atoms with van der Waals surface area (Å²) in [5, 5.41) is 0.977. The van der Waals surface area contributed by atoms with Gasteiger partial charge in [-0.3, -0.25) is 0 Å². The molecule has 0 aliphatic carbocycles. The molecule has 0 radical (unpaired) electrons. The van der Waals surface area contributed by atoms with Crippen molar-refractivity contribution in [2.45, 2.75) is 19.9 Å². The van der Waals surface area contributed by atoms with Crippen LogP contribution in [0.25, 0.3) is 10.9 Å². The van der Waals surface area contributed by atoms with Crippen LogP contribution in [0.15, 0.2) is 24.4 Å². The third-order valence-corrected chi connectivity index (χ3v) is 2.74. The highest BCUT2D eigenvalue weighted by molar-refractivity contribution is 5.90. The van der Waals surface area contributed by atoms with Crippen LogP contribution in [0.5, 0.6) is 0 Å². The first kappa shape index (κ1) is 14.5. The standard InChI is InChI=1S/C13H16N2O2.ClH/c1-3-17-13(16)12(14)10-7-15-11-5-4-8(2)6-9(10)11;/h4-7,12,15H,3,14H2,1-2H3;1H/t12-;/m0./s1. The van der Waals surface area contributed by atoms with Crippen LogP contribution in [0.1, 0.15) is 24.1 Å². The minimum Gasteiger partial charge on any atom is -0.465 e. The summed E-state index contributed by atoms with van der Waals surface area (Å²) in [5.74, 6) is -0.394. The number of esters is 1. The van der Waals surface area contributed by atoms with Gasteiger partial charge < -0.3 is 15.5 Å². The van der Waals surface area contributed by atoms with Gasteiger partial charge >= 0.3 is 5.97 Å². The van der Waals surface area contributed by atoms with E-state index in [1.165, 1.54) is 0 Å². The second-order valence-corrected chi connectivity index (χ2v) is 4.02. The highest BCUT2D eigenvalue weighted by atomic mass is 35.5. The van der Waals surface area contributed by atoms with E-state index in [4.69, 9.17) is 10.5 Å². The number of benzene rings is 1. The molecule has 3 N–H and O–H groups in total. The van der Waals surface area contributed by atoms with Crippen LogP contribution >= 0.6 is 12.4 Å². The van der Waals surface area contributed by atoms with Crippen molar-refractivity contribution < 1.29 is 9.53 Å². The van der Waals surface area contributed by atoms with E-state index >= 15 is 0 Å². The van der Waals surface area contributed by atoms with Crippen molar-refractivity contribution in [3.63, 3.8) is 0 Å². The number of aryl methyl sites for hydroxylation is 1. The van der Waals surface area contributed by atoms with E-state index in [0.717, 1.165) is 22.0 Å². The first-order chi connectivity index (χ1) is 8.13. The first-order valence-electron chi connectivity index (χ1n) is 5.63. The number of nitrogens with one attached hydrogen (secondary N) is 1. The molecule has 0 aliphatic heterocycles. The van der Waals surface area contributed by atoms with Gasteiger partial charge in [0, 0.05) is 22.7 Å². The fraction of sp³-hybridized carbons (Fsp3) is 0.308. The van der Waals surface area contributed by atoms with Crippen LogP contribution in [-0.4, -0.2) is 17.6 Å². The van der Waals surface area contributed by atoms with Crippen LogP contribution in [0, 0.1) is 6.92 Å². The lowest BCUT2D eigenvalue weighted by Gasteiger charge is -2.09. The van der Waals surface area contributed by atoms with Crippen LogP contribution < -0.4 is 5.73 Å². The molecule has 0 amide bonds. The SMILES string of the molecule is CCOC(=O)[C@@H](N)c1c[nH]c2ccc(C)cc12.Cl. The predicted octanol–water partition coefficient (Wildman–Crippen LogP) is 2.46. The number of hydrogen-bond donors (Lipinski definition) is 2. The topological polar surface area (TPSA) is 68.1 Å². The van der Waals surface area contributed by atoms with Crippen molar-refractivity contribution >= 4 is 29.3 Å². The highest BCUT2D eigenvalue weighted by Crippen LogP contribution is 2.24. The van der Waals surface area contributed by atoms with Gasteiger partial charge in [0.25, 0.3) is 0 Å². The van der Waals surface area contributed by atoms with Gasteiger partial charge in [-0.25, -0.2) is 4.79 Å². The average Bonchev–Trinajstić information content (AvgIpc) is 2.71. The summed E-state index contributed by atoms with van der Waals surface area (Å²) in [4.78, 5) is 14.7. The maximum Gasteiger partial charge on any atom is 0.327 e. The second kappa shape index (κ2) is 5.89. The van der Waals surface area contributed by atoms with E-state index in [1.807, 2.05) is 25.1 Å². The molecule has 0 saturated heterocycles. The molecule has 1 heterocycles. The number of nitrogens with two attached hydrogens (primary N) is 1. The van der Waals surface area contributed by atoms with Crippen molar-refractivity contribution in [2.24, 2.45) is 5.73 Å². The number of aromatic nitrogens is 1. The number of fused-ring (bicyclic) bond motifs is 1. The Morgan fingerprint density at radius 1 is 1.50 bits per heavy atom. The number of rotatable bonds is 3. The Bertz CT molecular complexity index is 551. The number of ether oxygens (including phenoxy) is 1. The molecule has 1 aromatic heterocycles. The maximum atomic E-state index is 11.6. The Balaban J connectivity index is 0.00000162. The zero-order valence-corrected chi connectivity index (χ0v) is 11.2. The Morgan fingerprint density at radius 3 is 2.89 bits per heavy atom. The van der Waals surface area contributed by atoms with Gasteiger partial charge in [0.05, 0.1) is 6.61 Å². The molecule has 0 aliphatic rings. The lowest BCUT2D eigenvalue weighted by molar-refractivity contribution is -0.144. The molecule has 4 nitrogen and oxygen atoms in total. The summed E-state index contributed by atoms with van der Waals surface area (Å²) in [7, 11) is 0. The minimum atomic E-state index is -0.731. The Morgan fingerprint density at radius 2 is 2.22 bits per heavy atom. The van der Waals surface area contributed by atoms with Gasteiger partial charge in [-0.2, -0.15) is 0 Å². The largest absolute Gasteiger partial charge is 0.465 e. The van der Waals surface area contributed by atoms with Crippen molar-refractivity contribution in [3.8, 4) is 0 Å². The van der Waals surface area contributed by atoms with Gasteiger partial charge in [0.1, 0.15) is 6.04 Å². The molecule has 2 rings (SSSR count). The van der Waals surface area contributed by atoms with E-state index < -0.39 is 12.0 Å². The van der Waals surface area contributed by atoms with E-state index in [2.05, 4.69) is 4.98 Å². The molecule has 1 atom stereocenters. The summed E-state index contributed by atoms with van der Waals surface area (Å²) in [6.07, 6.45) is 1.77. The third kappa shape index (κ3) is 2.66. The molecular formula is C13H17ClN2O2. The maximum absolute atomic E-state index is 11.6. The van der Waals surface area contributed by atoms with Gasteiger partial charge in [0.2, 0.25) is 0 Å². The van der Waals surface area contributed by atoms with Gasteiger partial charge in [-0.1, -0.05) is 11.6 Å². The van der Waals surface area contributed by atoms with Crippen LogP contribution in [0.3, 0.4) is 0 Å². The molecular weight excluding hydrogens is 252 g/mol. The molecule has 0 unspecified atom stereocenters. The normalized spacial score (nSPS) is 11.9. The number of halogens is 1. The number of carbonyl (C=O) groups is 1. The lowest BCUT2D eigenvalue weighted by atomic mass is 10.1. The van der Waals surface area contributed by atoms with Crippen molar-refractivity contribution in [3.05, 3.63) is 35.5 Å². The number of aromatic amines is 1. The zero-order valence-electron chi connectivity index (χ0n) is 10.4. The van der Waals surface area contributed by atoms with E-state index in [1.54, 1.807) is 13.1 Å². The minimum absolute atomic E-state index is 0. The summed E-state index contributed by atoms with van der Waals surface area (Å²) in [5.41, 5.74) is 8.78. The first-order valence-corrected chi connectivity index (χ1v) is 5.63. The molecule has 98 valence electrons. The summed E-state index contributed by atoms with van der Waals surface area (Å²) in [6.45, 7) is 4.12. The Labute approximate surface area is 112 Å². The molecule has 2 aromatic rings. The summed E-state index contributed by atoms with van der Waals surface area (Å²) < 4.78 is 4.93. The van der Waals surface area contributed by atoms with Crippen molar-refractivity contribution in [1.29, 1.82) is 0 Å². The second-order valence-electron chi connectivity index (χ2n) is 4.02. The quantitative estimate of drug-likeness (QED) is 0.841. The smallest absolute Gasteiger partial charge is 0.327 e. The fourth-order valence-corrected chi connectivity index (χ4v) is 1.87. The van der Waals surface area contributed by atoms with Crippen LogP contribution in [0.4, 0.5) is 0 Å². The summed E-state index contributed by atoms with van der Waals surface area (Å²) in [6, 6.07) is 5.27. The van der Waals surface area contributed by atoms with Crippen molar-refractivity contribution in [1.82, 2.24) is 4.98 Å². The third-order valence-electron chi connectivity index (χ3n) is 2.74. The van der Waals surface area contributed by atoms with E-state index in [-0.39, 0.29) is 12.4 Å². The number of hydrogen-bond acceptors (Lipinski definition) is 3. The number of H-pyrrole nitrogens is 1. The molecule has 18 heavy (non-hydrogen) atoms. The highest BCUT2D eigenvalue weighted by Gasteiger charge is 2.20. The molecule has 0 spiro atoms. The Kier molecular flexibility index (Phi) is 4.76. The molecule has 1 aromatic carbocycles. The van der Waals surface area contributed by atoms with Crippen LogP contribution in [0.2, 0.25) is 0 Å². The predicted molar refractivity (Wildman–Crippen MR) is 73.8 cm³/mol. The van der Waals surface area contributed by atoms with Crippen LogP contribution in [-0.2, 0) is 9.53 Å². The lowest BCUT2D eigenvalue weighted by Crippen LogP contribution is -2.23.